The minimum Gasteiger partial charge on any atom is -0.371 e. The van der Waals surface area contributed by atoms with Crippen LogP contribution in [0.2, 0.25) is 0 Å². The largest absolute Gasteiger partial charge is 0.371 e. The molecule has 0 unspecified atom stereocenters. The highest BCUT2D eigenvalue weighted by Gasteiger charge is 2.11. The van der Waals surface area contributed by atoms with Crippen molar-refractivity contribution in [3.63, 3.8) is 0 Å². The van der Waals surface area contributed by atoms with Gasteiger partial charge in [-0.1, -0.05) is 6.42 Å². The Bertz CT molecular complexity index is 382. The lowest BCUT2D eigenvalue weighted by Gasteiger charge is -2.30. The fourth-order valence-electron chi connectivity index (χ4n) is 2.68. The van der Waals surface area contributed by atoms with Crippen molar-refractivity contribution in [3.8, 4) is 0 Å². The van der Waals surface area contributed by atoms with Crippen molar-refractivity contribution in [2.45, 2.75) is 26.2 Å². The van der Waals surface area contributed by atoms with Crippen molar-refractivity contribution in [3.05, 3.63) is 29.8 Å². The predicted molar refractivity (Wildman–Crippen MR) is 80.0 cm³/mol. The molecule has 1 aliphatic rings. The molecule has 0 amide bonds. The van der Waals surface area contributed by atoms with Gasteiger partial charge in [-0.15, -0.1) is 0 Å². The molecular weight excluding hydrogens is 236 g/mol. The number of likely N-dealkylation sites (N-methyl/N-ethyl adjacent to an activating group) is 1. The van der Waals surface area contributed by atoms with Gasteiger partial charge >= 0.3 is 0 Å². The number of carbonyl (C=O) groups is 1. The topological polar surface area (TPSA) is 23.6 Å². The van der Waals surface area contributed by atoms with Gasteiger partial charge in [0.2, 0.25) is 0 Å². The van der Waals surface area contributed by atoms with Crippen molar-refractivity contribution in [2.75, 3.05) is 37.6 Å². The molecule has 0 aromatic heterocycles. The molecule has 1 aromatic carbocycles. The first kappa shape index (κ1) is 14.1. The van der Waals surface area contributed by atoms with Crippen molar-refractivity contribution in [1.29, 1.82) is 0 Å². The normalized spacial score (nSPS) is 16.3. The average Bonchev–Trinajstić information content (AvgIpc) is 2.49. The molecule has 0 aliphatic carbocycles. The third-order valence-electron chi connectivity index (χ3n) is 3.91. The van der Waals surface area contributed by atoms with Crippen LogP contribution in [0.5, 0.6) is 0 Å². The molecule has 1 heterocycles. The van der Waals surface area contributed by atoms with E-state index in [1.54, 1.807) is 0 Å². The number of carbonyl (C=O) groups excluding carboxylic acids is 1. The SMILES string of the molecule is CCN(CCN1CCCCC1)c1ccc(C=O)cc1. The summed E-state index contributed by atoms with van der Waals surface area (Å²) in [6.07, 6.45) is 4.98. The third kappa shape index (κ3) is 4.06. The van der Waals surface area contributed by atoms with E-state index in [0.717, 1.165) is 31.5 Å². The molecule has 3 heteroatoms. The van der Waals surface area contributed by atoms with Crippen LogP contribution in [-0.4, -0.2) is 43.9 Å². The van der Waals surface area contributed by atoms with Crippen molar-refractivity contribution >= 4 is 12.0 Å². The van der Waals surface area contributed by atoms with Crippen molar-refractivity contribution in [2.24, 2.45) is 0 Å². The highest BCUT2D eigenvalue weighted by molar-refractivity contribution is 5.75. The average molecular weight is 260 g/mol. The molecule has 3 nitrogen and oxygen atoms in total. The van der Waals surface area contributed by atoms with Gasteiger partial charge in [0.25, 0.3) is 0 Å². The van der Waals surface area contributed by atoms with Crippen LogP contribution < -0.4 is 4.90 Å². The molecule has 0 saturated carbocycles. The van der Waals surface area contributed by atoms with Gasteiger partial charge in [0.1, 0.15) is 6.29 Å². The van der Waals surface area contributed by atoms with Gasteiger partial charge in [0.05, 0.1) is 0 Å². The Labute approximate surface area is 116 Å². The molecule has 2 rings (SSSR count). The summed E-state index contributed by atoms with van der Waals surface area (Å²) in [5.41, 5.74) is 1.96. The van der Waals surface area contributed by atoms with Gasteiger partial charge in [-0.3, -0.25) is 4.79 Å². The number of hydrogen-bond donors (Lipinski definition) is 0. The van der Waals surface area contributed by atoms with Crippen LogP contribution >= 0.6 is 0 Å². The van der Waals surface area contributed by atoms with Crippen LogP contribution in [0.4, 0.5) is 5.69 Å². The molecule has 1 aromatic rings. The molecule has 0 radical (unpaired) electrons. The van der Waals surface area contributed by atoms with E-state index in [4.69, 9.17) is 0 Å². The lowest BCUT2D eigenvalue weighted by Crippen LogP contribution is -2.37. The highest BCUT2D eigenvalue weighted by atomic mass is 16.1. The zero-order valence-electron chi connectivity index (χ0n) is 11.8. The summed E-state index contributed by atoms with van der Waals surface area (Å²) in [6, 6.07) is 7.88. The molecule has 1 aliphatic heterocycles. The Morgan fingerprint density at radius 3 is 2.42 bits per heavy atom. The van der Waals surface area contributed by atoms with Gasteiger partial charge < -0.3 is 9.80 Å². The van der Waals surface area contributed by atoms with E-state index in [9.17, 15) is 4.79 Å². The lowest BCUT2D eigenvalue weighted by molar-refractivity contribution is 0.112. The maximum Gasteiger partial charge on any atom is 0.150 e. The van der Waals surface area contributed by atoms with Gasteiger partial charge in [-0.2, -0.15) is 0 Å². The smallest absolute Gasteiger partial charge is 0.150 e. The van der Waals surface area contributed by atoms with Gasteiger partial charge in [-0.25, -0.2) is 0 Å². The lowest BCUT2D eigenvalue weighted by atomic mass is 10.1. The number of rotatable bonds is 6. The number of piperidine rings is 1. The van der Waals surface area contributed by atoms with Crippen LogP contribution in [0.1, 0.15) is 36.5 Å². The van der Waals surface area contributed by atoms with Crippen LogP contribution in [0.3, 0.4) is 0 Å². The number of anilines is 1. The molecule has 19 heavy (non-hydrogen) atoms. The summed E-state index contributed by atoms with van der Waals surface area (Å²) < 4.78 is 0. The molecule has 0 spiro atoms. The molecule has 0 bridgehead atoms. The second-order valence-electron chi connectivity index (χ2n) is 5.19. The van der Waals surface area contributed by atoms with E-state index < -0.39 is 0 Å². The standard InChI is InChI=1S/C16H24N2O/c1-2-18(13-12-17-10-4-3-5-11-17)16-8-6-15(14-19)7-9-16/h6-9,14H,2-5,10-13H2,1H3. The Hall–Kier alpha value is -1.35. The maximum atomic E-state index is 10.7. The van der Waals surface area contributed by atoms with E-state index in [2.05, 4.69) is 16.7 Å². The summed E-state index contributed by atoms with van der Waals surface area (Å²) >= 11 is 0. The molecule has 0 N–H and O–H groups in total. The second-order valence-corrected chi connectivity index (χ2v) is 5.19. The van der Waals surface area contributed by atoms with E-state index in [-0.39, 0.29) is 0 Å². The van der Waals surface area contributed by atoms with Gasteiger partial charge in [0.15, 0.2) is 0 Å². The summed E-state index contributed by atoms with van der Waals surface area (Å²) in [7, 11) is 0. The zero-order chi connectivity index (χ0) is 13.5. The Morgan fingerprint density at radius 1 is 1.16 bits per heavy atom. The van der Waals surface area contributed by atoms with E-state index >= 15 is 0 Å². The van der Waals surface area contributed by atoms with E-state index in [1.165, 1.54) is 38.0 Å². The quantitative estimate of drug-likeness (QED) is 0.735. The van der Waals surface area contributed by atoms with Crippen LogP contribution in [-0.2, 0) is 0 Å². The van der Waals surface area contributed by atoms with Gasteiger partial charge in [-0.05, 0) is 57.1 Å². The maximum absolute atomic E-state index is 10.7. The summed E-state index contributed by atoms with van der Waals surface area (Å²) in [5, 5.41) is 0. The first-order chi connectivity index (χ1) is 9.33. The molecule has 0 atom stereocenters. The van der Waals surface area contributed by atoms with Gasteiger partial charge in [0, 0.05) is 30.9 Å². The molecular formula is C16H24N2O. The minimum atomic E-state index is 0.746. The second kappa shape index (κ2) is 7.29. The van der Waals surface area contributed by atoms with E-state index in [0.29, 0.717) is 0 Å². The number of aldehydes is 1. The van der Waals surface area contributed by atoms with Crippen LogP contribution in [0, 0.1) is 0 Å². The van der Waals surface area contributed by atoms with Crippen LogP contribution in [0.25, 0.3) is 0 Å². The Balaban J connectivity index is 1.89. The molecule has 104 valence electrons. The monoisotopic (exact) mass is 260 g/mol. The first-order valence-corrected chi connectivity index (χ1v) is 7.36. The first-order valence-electron chi connectivity index (χ1n) is 7.36. The Morgan fingerprint density at radius 2 is 1.84 bits per heavy atom. The molecule has 1 fully saturated rings. The van der Waals surface area contributed by atoms with Crippen LogP contribution in [0.15, 0.2) is 24.3 Å². The summed E-state index contributed by atoms with van der Waals surface area (Å²) in [4.78, 5) is 15.6. The predicted octanol–water partition coefficient (Wildman–Crippen LogP) is 2.81. The summed E-state index contributed by atoms with van der Waals surface area (Å²) in [6.45, 7) is 7.90. The fourth-order valence-corrected chi connectivity index (χ4v) is 2.68. The highest BCUT2D eigenvalue weighted by Crippen LogP contribution is 2.15. The Kier molecular flexibility index (Phi) is 5.40. The van der Waals surface area contributed by atoms with Crippen molar-refractivity contribution < 1.29 is 4.79 Å². The minimum absolute atomic E-state index is 0.746. The molecule has 1 saturated heterocycles. The summed E-state index contributed by atoms with van der Waals surface area (Å²) in [5.74, 6) is 0. The number of nitrogens with zero attached hydrogens (tertiary/aromatic N) is 2. The van der Waals surface area contributed by atoms with Crippen molar-refractivity contribution in [1.82, 2.24) is 4.90 Å². The fraction of sp³-hybridized carbons (Fsp3) is 0.562. The zero-order valence-corrected chi connectivity index (χ0v) is 11.8. The number of hydrogen-bond acceptors (Lipinski definition) is 3. The van der Waals surface area contributed by atoms with E-state index in [1.807, 2.05) is 24.3 Å². The number of benzene rings is 1. The number of likely N-dealkylation sites (tertiary alicyclic amines) is 1. The third-order valence-corrected chi connectivity index (χ3v) is 3.91.